The fraction of sp³-hybridized carbons (Fsp3) is 0.500. The van der Waals surface area contributed by atoms with E-state index in [1.54, 1.807) is 6.92 Å². The molecule has 1 atom stereocenters. The molecule has 0 bridgehead atoms. The zero-order valence-electron chi connectivity index (χ0n) is 11.2. The van der Waals surface area contributed by atoms with Gasteiger partial charge in [-0.05, 0) is 12.5 Å². The molecule has 0 radical (unpaired) electrons. The first-order chi connectivity index (χ1) is 9.28. The third-order valence-corrected chi connectivity index (χ3v) is 2.97. The number of ether oxygens (including phenoxy) is 2. The summed E-state index contributed by atoms with van der Waals surface area (Å²) in [5.74, 6) is 0. The predicted octanol–water partition coefficient (Wildman–Crippen LogP) is 1.59. The van der Waals surface area contributed by atoms with Crippen molar-refractivity contribution in [3.05, 3.63) is 35.9 Å². The van der Waals surface area contributed by atoms with Crippen LogP contribution in [0.1, 0.15) is 12.5 Å². The highest BCUT2D eigenvalue weighted by atomic mass is 16.7. The zero-order valence-corrected chi connectivity index (χ0v) is 11.2. The van der Waals surface area contributed by atoms with Crippen LogP contribution in [0.25, 0.3) is 0 Å². The topological polar surface area (TPSA) is 50.8 Å². The van der Waals surface area contributed by atoms with Gasteiger partial charge >= 0.3 is 6.16 Å². The summed E-state index contributed by atoms with van der Waals surface area (Å²) in [6.45, 7) is 5.38. The molecular formula is C14H20N2O3. The fourth-order valence-corrected chi connectivity index (χ4v) is 2.11. The van der Waals surface area contributed by atoms with Gasteiger partial charge in [0, 0.05) is 26.2 Å². The summed E-state index contributed by atoms with van der Waals surface area (Å²) in [5, 5.41) is 3.16. The van der Waals surface area contributed by atoms with Crippen LogP contribution in [-0.4, -0.2) is 43.5 Å². The minimum absolute atomic E-state index is 0.295. The lowest BCUT2D eigenvalue weighted by Crippen LogP contribution is -2.52. The van der Waals surface area contributed by atoms with Gasteiger partial charge in [0.1, 0.15) is 0 Å². The lowest BCUT2D eigenvalue weighted by molar-refractivity contribution is -0.0143. The standard InChI is InChI=1S/C14H20N2O3/c1-2-18-14(17)19-13-11-16(9-8-15-13)10-12-6-4-3-5-7-12/h3-7,13,15H,2,8-11H2,1H3. The predicted molar refractivity (Wildman–Crippen MR) is 71.6 cm³/mol. The minimum atomic E-state index is -0.610. The van der Waals surface area contributed by atoms with Gasteiger partial charge in [-0.25, -0.2) is 4.79 Å². The van der Waals surface area contributed by atoms with Crippen molar-refractivity contribution in [1.29, 1.82) is 0 Å². The Morgan fingerprint density at radius 3 is 2.95 bits per heavy atom. The normalized spacial score (nSPS) is 19.9. The Balaban J connectivity index is 1.82. The van der Waals surface area contributed by atoms with Gasteiger partial charge in [0.15, 0.2) is 6.23 Å². The molecule has 1 fully saturated rings. The Morgan fingerprint density at radius 2 is 2.21 bits per heavy atom. The van der Waals surface area contributed by atoms with Crippen LogP contribution in [0.5, 0.6) is 0 Å². The van der Waals surface area contributed by atoms with Crippen molar-refractivity contribution < 1.29 is 14.3 Å². The average molecular weight is 264 g/mol. The van der Waals surface area contributed by atoms with E-state index in [1.807, 2.05) is 18.2 Å². The molecule has 19 heavy (non-hydrogen) atoms. The molecule has 0 aliphatic carbocycles. The van der Waals surface area contributed by atoms with E-state index in [4.69, 9.17) is 9.47 Å². The van der Waals surface area contributed by atoms with Crippen LogP contribution in [0.2, 0.25) is 0 Å². The van der Waals surface area contributed by atoms with Crippen LogP contribution in [0.4, 0.5) is 4.79 Å². The monoisotopic (exact) mass is 264 g/mol. The van der Waals surface area contributed by atoms with E-state index in [0.717, 1.165) is 19.6 Å². The maximum absolute atomic E-state index is 11.3. The van der Waals surface area contributed by atoms with Crippen LogP contribution in [0, 0.1) is 0 Å². The van der Waals surface area contributed by atoms with E-state index in [0.29, 0.717) is 13.2 Å². The first kappa shape index (κ1) is 13.8. The Hall–Kier alpha value is -1.59. The van der Waals surface area contributed by atoms with E-state index in [9.17, 15) is 4.79 Å². The first-order valence-corrected chi connectivity index (χ1v) is 6.61. The minimum Gasteiger partial charge on any atom is -0.435 e. The van der Waals surface area contributed by atoms with Gasteiger partial charge in [-0.2, -0.15) is 0 Å². The maximum Gasteiger partial charge on any atom is 0.509 e. The van der Waals surface area contributed by atoms with Crippen molar-refractivity contribution in [2.24, 2.45) is 0 Å². The number of carbonyl (C=O) groups excluding carboxylic acids is 1. The third-order valence-electron chi connectivity index (χ3n) is 2.97. The van der Waals surface area contributed by atoms with E-state index < -0.39 is 6.16 Å². The molecule has 1 aromatic carbocycles. The highest BCUT2D eigenvalue weighted by Crippen LogP contribution is 2.08. The summed E-state index contributed by atoms with van der Waals surface area (Å²) in [6.07, 6.45) is -0.905. The molecule has 0 amide bonds. The molecule has 1 heterocycles. The molecule has 0 saturated carbocycles. The zero-order chi connectivity index (χ0) is 13.5. The number of nitrogens with one attached hydrogen (secondary N) is 1. The Kier molecular flexibility index (Phi) is 5.18. The van der Waals surface area contributed by atoms with Gasteiger partial charge in [-0.3, -0.25) is 10.2 Å². The molecule has 2 rings (SSSR count). The van der Waals surface area contributed by atoms with Gasteiger partial charge in [-0.1, -0.05) is 30.3 Å². The van der Waals surface area contributed by atoms with Gasteiger partial charge in [0.05, 0.1) is 6.61 Å². The molecule has 0 aromatic heterocycles. The van der Waals surface area contributed by atoms with Crippen LogP contribution >= 0.6 is 0 Å². The van der Waals surface area contributed by atoms with Crippen molar-refractivity contribution in [1.82, 2.24) is 10.2 Å². The fourth-order valence-electron chi connectivity index (χ4n) is 2.11. The summed E-state index contributed by atoms with van der Waals surface area (Å²) < 4.78 is 9.96. The van der Waals surface area contributed by atoms with Crippen molar-refractivity contribution in [3.63, 3.8) is 0 Å². The molecule has 1 aliphatic heterocycles. The van der Waals surface area contributed by atoms with Gasteiger partial charge in [0.2, 0.25) is 0 Å². The molecule has 1 saturated heterocycles. The summed E-state index contributed by atoms with van der Waals surface area (Å²) in [7, 11) is 0. The molecule has 1 aliphatic rings. The smallest absolute Gasteiger partial charge is 0.435 e. The SMILES string of the molecule is CCOC(=O)OC1CN(Cc2ccccc2)CCN1. The van der Waals surface area contributed by atoms with Gasteiger partial charge in [-0.15, -0.1) is 0 Å². The van der Waals surface area contributed by atoms with E-state index in [2.05, 4.69) is 22.3 Å². The molecule has 104 valence electrons. The van der Waals surface area contributed by atoms with E-state index >= 15 is 0 Å². The summed E-state index contributed by atoms with van der Waals surface area (Å²) >= 11 is 0. The Bertz CT molecular complexity index is 397. The van der Waals surface area contributed by atoms with Crippen molar-refractivity contribution in [2.45, 2.75) is 19.7 Å². The molecular weight excluding hydrogens is 244 g/mol. The van der Waals surface area contributed by atoms with Gasteiger partial charge in [0.25, 0.3) is 0 Å². The number of piperazine rings is 1. The van der Waals surface area contributed by atoms with Crippen molar-refractivity contribution >= 4 is 6.16 Å². The number of nitrogens with zero attached hydrogens (tertiary/aromatic N) is 1. The Labute approximate surface area is 113 Å². The van der Waals surface area contributed by atoms with Crippen LogP contribution in [0.3, 0.4) is 0 Å². The number of hydrogen-bond donors (Lipinski definition) is 1. The second-order valence-electron chi connectivity index (χ2n) is 4.46. The molecule has 1 aromatic rings. The van der Waals surface area contributed by atoms with Crippen molar-refractivity contribution in [2.75, 3.05) is 26.2 Å². The van der Waals surface area contributed by atoms with Crippen LogP contribution in [-0.2, 0) is 16.0 Å². The largest absolute Gasteiger partial charge is 0.509 e. The van der Waals surface area contributed by atoms with E-state index in [-0.39, 0.29) is 6.23 Å². The van der Waals surface area contributed by atoms with Crippen LogP contribution in [0.15, 0.2) is 30.3 Å². The van der Waals surface area contributed by atoms with Crippen LogP contribution < -0.4 is 5.32 Å². The third kappa shape index (κ3) is 4.54. The lowest BCUT2D eigenvalue weighted by Gasteiger charge is -2.32. The molecule has 5 nitrogen and oxygen atoms in total. The summed E-state index contributed by atoms with van der Waals surface area (Å²) in [5.41, 5.74) is 1.26. The quantitative estimate of drug-likeness (QED) is 0.837. The highest BCUT2D eigenvalue weighted by molar-refractivity contribution is 5.60. The second-order valence-corrected chi connectivity index (χ2v) is 4.46. The number of rotatable bonds is 4. The number of carbonyl (C=O) groups is 1. The van der Waals surface area contributed by atoms with Gasteiger partial charge < -0.3 is 9.47 Å². The summed E-state index contributed by atoms with van der Waals surface area (Å²) in [4.78, 5) is 13.5. The lowest BCUT2D eigenvalue weighted by atomic mass is 10.2. The molecule has 0 spiro atoms. The van der Waals surface area contributed by atoms with E-state index in [1.165, 1.54) is 5.56 Å². The molecule has 1 N–H and O–H groups in total. The summed E-state index contributed by atoms with van der Waals surface area (Å²) in [6, 6.07) is 10.3. The number of benzene rings is 1. The Morgan fingerprint density at radius 1 is 1.42 bits per heavy atom. The number of hydrogen-bond acceptors (Lipinski definition) is 5. The first-order valence-electron chi connectivity index (χ1n) is 6.61. The second kappa shape index (κ2) is 7.11. The van der Waals surface area contributed by atoms with Crippen molar-refractivity contribution in [3.8, 4) is 0 Å². The average Bonchev–Trinajstić information content (AvgIpc) is 2.40. The molecule has 5 heteroatoms. The highest BCUT2D eigenvalue weighted by Gasteiger charge is 2.22. The maximum atomic E-state index is 11.3. The molecule has 1 unspecified atom stereocenters.